The number of nitro benzene ring substituents is 1. The van der Waals surface area contributed by atoms with Crippen molar-refractivity contribution in [2.75, 3.05) is 16.7 Å². The first-order valence-corrected chi connectivity index (χ1v) is 10.6. The number of ether oxygens (including phenoxy) is 1. The molecule has 1 heterocycles. The van der Waals surface area contributed by atoms with Crippen LogP contribution in [0.5, 0.6) is 11.5 Å². The number of rotatable bonds is 4. The Bertz CT molecular complexity index is 1340. The van der Waals surface area contributed by atoms with Gasteiger partial charge in [-0.3, -0.25) is 19.6 Å². The molecule has 0 fully saturated rings. The molecule has 0 bridgehead atoms. The molecule has 0 saturated carbocycles. The zero-order valence-electron chi connectivity index (χ0n) is 16.5. The maximum absolute atomic E-state index is 13.0. The summed E-state index contributed by atoms with van der Waals surface area (Å²) in [6.07, 6.45) is 0. The third-order valence-corrected chi connectivity index (χ3v) is 6.24. The van der Waals surface area contributed by atoms with Gasteiger partial charge in [0, 0.05) is 18.8 Å². The first-order chi connectivity index (χ1) is 14.7. The van der Waals surface area contributed by atoms with Crippen LogP contribution in [0, 0.1) is 17.0 Å². The SMILES string of the molecule is Cc1ccc2c(c1)N(C)C(=O)c1cc(NS(=O)(=O)c3ccccc3[N+](=O)[O-])ccc1O2. The molecule has 158 valence electrons. The van der Waals surface area contributed by atoms with Crippen molar-refractivity contribution < 1.29 is 22.9 Å². The van der Waals surface area contributed by atoms with E-state index in [4.69, 9.17) is 4.74 Å². The van der Waals surface area contributed by atoms with Gasteiger partial charge in [-0.05, 0) is 48.9 Å². The molecule has 1 N–H and O–H groups in total. The minimum atomic E-state index is -4.27. The van der Waals surface area contributed by atoms with Crippen molar-refractivity contribution >= 4 is 33.0 Å². The van der Waals surface area contributed by atoms with Crippen molar-refractivity contribution in [2.24, 2.45) is 0 Å². The van der Waals surface area contributed by atoms with E-state index in [0.29, 0.717) is 11.4 Å². The maximum atomic E-state index is 13.0. The van der Waals surface area contributed by atoms with Gasteiger partial charge >= 0.3 is 0 Å². The second-order valence-corrected chi connectivity index (χ2v) is 8.63. The Kier molecular flexibility index (Phi) is 4.86. The number of nitrogens with zero attached hydrogens (tertiary/aromatic N) is 2. The number of nitro groups is 1. The average Bonchev–Trinajstić information content (AvgIpc) is 2.83. The van der Waals surface area contributed by atoms with Crippen LogP contribution in [-0.4, -0.2) is 26.3 Å². The van der Waals surface area contributed by atoms with E-state index in [0.717, 1.165) is 17.7 Å². The number of nitrogens with one attached hydrogen (secondary N) is 1. The van der Waals surface area contributed by atoms with E-state index < -0.39 is 25.5 Å². The molecule has 9 nitrogen and oxygen atoms in total. The lowest BCUT2D eigenvalue weighted by Crippen LogP contribution is -2.25. The molecule has 31 heavy (non-hydrogen) atoms. The molecule has 3 aromatic carbocycles. The number of aryl methyl sites for hydroxylation is 1. The molecule has 0 aromatic heterocycles. The molecule has 1 aliphatic heterocycles. The van der Waals surface area contributed by atoms with E-state index in [1.165, 1.54) is 35.2 Å². The third-order valence-electron chi connectivity index (χ3n) is 4.81. The zero-order valence-corrected chi connectivity index (χ0v) is 17.3. The Hall–Kier alpha value is -3.92. The number of sulfonamides is 1. The lowest BCUT2D eigenvalue weighted by atomic mass is 10.1. The monoisotopic (exact) mass is 439 g/mol. The van der Waals surface area contributed by atoms with Crippen LogP contribution in [0.2, 0.25) is 0 Å². The standard InChI is InChI=1S/C21H17N3O6S/c1-13-7-9-19-17(11-13)23(2)21(25)15-12-14(8-10-18(15)30-19)22-31(28,29)20-6-4-3-5-16(20)24(26)27/h3-12,22H,1-2H3. The number of para-hydroxylation sites is 1. The fourth-order valence-corrected chi connectivity index (χ4v) is 4.50. The predicted molar refractivity (Wildman–Crippen MR) is 114 cm³/mol. The van der Waals surface area contributed by atoms with Gasteiger partial charge in [0.25, 0.3) is 21.6 Å². The van der Waals surface area contributed by atoms with Gasteiger partial charge in [-0.25, -0.2) is 8.42 Å². The van der Waals surface area contributed by atoms with Gasteiger partial charge in [0.15, 0.2) is 10.6 Å². The highest BCUT2D eigenvalue weighted by molar-refractivity contribution is 7.92. The van der Waals surface area contributed by atoms with Crippen molar-refractivity contribution in [3.8, 4) is 11.5 Å². The quantitative estimate of drug-likeness (QED) is 0.483. The summed E-state index contributed by atoms with van der Waals surface area (Å²) < 4.78 is 33.8. The molecule has 0 spiro atoms. The summed E-state index contributed by atoms with van der Waals surface area (Å²) in [6, 6.07) is 14.7. The highest BCUT2D eigenvalue weighted by Gasteiger charge is 2.28. The van der Waals surface area contributed by atoms with Crippen molar-refractivity contribution in [1.29, 1.82) is 0 Å². The van der Waals surface area contributed by atoms with Gasteiger partial charge in [-0.15, -0.1) is 0 Å². The van der Waals surface area contributed by atoms with Crippen LogP contribution in [-0.2, 0) is 10.0 Å². The van der Waals surface area contributed by atoms with E-state index in [2.05, 4.69) is 4.72 Å². The Morgan fingerprint density at radius 3 is 2.48 bits per heavy atom. The van der Waals surface area contributed by atoms with Gasteiger partial charge in [0.05, 0.1) is 16.2 Å². The number of hydrogen-bond donors (Lipinski definition) is 1. The second-order valence-electron chi connectivity index (χ2n) is 6.98. The normalized spacial score (nSPS) is 13.0. The number of anilines is 2. The molecule has 0 radical (unpaired) electrons. The van der Waals surface area contributed by atoms with E-state index in [1.807, 2.05) is 19.1 Å². The number of carbonyl (C=O) groups is 1. The van der Waals surface area contributed by atoms with Crippen LogP contribution in [0.1, 0.15) is 15.9 Å². The molecule has 4 rings (SSSR count). The van der Waals surface area contributed by atoms with Crippen LogP contribution >= 0.6 is 0 Å². The van der Waals surface area contributed by atoms with Crippen molar-refractivity contribution in [3.05, 3.63) is 81.9 Å². The highest BCUT2D eigenvalue weighted by atomic mass is 32.2. The maximum Gasteiger partial charge on any atom is 0.289 e. The van der Waals surface area contributed by atoms with Gasteiger partial charge in [-0.2, -0.15) is 0 Å². The van der Waals surface area contributed by atoms with Gasteiger partial charge in [-0.1, -0.05) is 18.2 Å². The Labute approximate surface area is 178 Å². The van der Waals surface area contributed by atoms with E-state index in [-0.39, 0.29) is 22.9 Å². The van der Waals surface area contributed by atoms with E-state index >= 15 is 0 Å². The summed E-state index contributed by atoms with van der Waals surface area (Å²) >= 11 is 0. The Morgan fingerprint density at radius 1 is 1.03 bits per heavy atom. The van der Waals surface area contributed by atoms with Crippen molar-refractivity contribution in [1.82, 2.24) is 0 Å². The summed E-state index contributed by atoms with van der Waals surface area (Å²) in [5.41, 5.74) is 1.22. The number of amides is 1. The molecule has 1 aliphatic rings. The van der Waals surface area contributed by atoms with E-state index in [9.17, 15) is 23.3 Å². The molecule has 0 atom stereocenters. The smallest absolute Gasteiger partial charge is 0.289 e. The topological polar surface area (TPSA) is 119 Å². The van der Waals surface area contributed by atoms with Gasteiger partial charge in [0.2, 0.25) is 0 Å². The largest absolute Gasteiger partial charge is 0.454 e. The molecule has 1 amide bonds. The predicted octanol–water partition coefficient (Wildman–Crippen LogP) is 4.09. The summed E-state index contributed by atoms with van der Waals surface area (Å²) in [6.45, 7) is 1.90. The van der Waals surface area contributed by atoms with Gasteiger partial charge < -0.3 is 9.64 Å². The molecule has 0 saturated heterocycles. The highest BCUT2D eigenvalue weighted by Crippen LogP contribution is 2.39. The summed E-state index contributed by atoms with van der Waals surface area (Å²) in [5.74, 6) is 0.382. The molecule has 10 heteroatoms. The molecule has 0 unspecified atom stereocenters. The minimum Gasteiger partial charge on any atom is -0.454 e. The minimum absolute atomic E-state index is 0.0735. The molecular weight excluding hydrogens is 422 g/mol. The summed E-state index contributed by atoms with van der Waals surface area (Å²) in [4.78, 5) is 24.4. The summed E-state index contributed by atoms with van der Waals surface area (Å²) in [7, 11) is -2.67. The zero-order chi connectivity index (χ0) is 22.3. The molecule has 0 aliphatic carbocycles. The lowest BCUT2D eigenvalue weighted by molar-refractivity contribution is -0.387. The average molecular weight is 439 g/mol. The Balaban J connectivity index is 1.73. The van der Waals surface area contributed by atoms with Crippen LogP contribution in [0.3, 0.4) is 0 Å². The lowest BCUT2D eigenvalue weighted by Gasteiger charge is -2.17. The fraction of sp³-hybridized carbons (Fsp3) is 0.0952. The van der Waals surface area contributed by atoms with Crippen molar-refractivity contribution in [3.63, 3.8) is 0 Å². The van der Waals surface area contributed by atoms with Crippen LogP contribution in [0.15, 0.2) is 65.6 Å². The van der Waals surface area contributed by atoms with Crippen molar-refractivity contribution in [2.45, 2.75) is 11.8 Å². The molecular formula is C21H17N3O6S. The first-order valence-electron chi connectivity index (χ1n) is 9.14. The molecule has 3 aromatic rings. The third kappa shape index (κ3) is 3.68. The van der Waals surface area contributed by atoms with E-state index in [1.54, 1.807) is 13.1 Å². The first kappa shape index (κ1) is 20.4. The number of carbonyl (C=O) groups excluding carboxylic acids is 1. The van der Waals surface area contributed by atoms with Crippen LogP contribution in [0.25, 0.3) is 0 Å². The number of benzene rings is 3. The second kappa shape index (κ2) is 7.40. The number of fused-ring (bicyclic) bond motifs is 2. The Morgan fingerprint density at radius 2 is 1.74 bits per heavy atom. The van der Waals surface area contributed by atoms with Crippen LogP contribution < -0.4 is 14.4 Å². The van der Waals surface area contributed by atoms with Crippen LogP contribution in [0.4, 0.5) is 17.1 Å². The fourth-order valence-electron chi connectivity index (χ4n) is 3.28. The number of hydrogen-bond acceptors (Lipinski definition) is 6. The van der Waals surface area contributed by atoms with Gasteiger partial charge in [0.1, 0.15) is 5.75 Å². The summed E-state index contributed by atoms with van der Waals surface area (Å²) in [5, 5.41) is 11.2.